The van der Waals surface area contributed by atoms with Gasteiger partial charge in [0.2, 0.25) is 5.95 Å². The predicted molar refractivity (Wildman–Crippen MR) is 235 cm³/mol. The van der Waals surface area contributed by atoms with Gasteiger partial charge in [-0.15, -0.1) is 0 Å². The molecule has 6 rings (SSSR count). The quantitative estimate of drug-likeness (QED) is 0.0869. The molecule has 2 unspecified atom stereocenters. The molecule has 2 fully saturated rings. The molecule has 0 aliphatic carbocycles. The first-order valence-electron chi connectivity index (χ1n) is 23.1. The van der Waals surface area contributed by atoms with E-state index in [0.717, 1.165) is 22.3 Å². The fraction of sp³-hybridized carbons (Fsp3) is 0.500. The van der Waals surface area contributed by atoms with Gasteiger partial charge in [0, 0.05) is 17.0 Å². The maximum Gasteiger partial charge on any atom is 0.229 e. The monoisotopic (exact) mass is 827 g/mol. The van der Waals surface area contributed by atoms with Crippen LogP contribution >= 0.6 is 11.6 Å². The van der Waals surface area contributed by atoms with Gasteiger partial charge in [0.15, 0.2) is 15.7 Å². The summed E-state index contributed by atoms with van der Waals surface area (Å²) in [6, 6.07) is 12.7. The van der Waals surface area contributed by atoms with Crippen molar-refractivity contribution in [3.8, 4) is 11.5 Å². The number of para-hydroxylation sites is 1. The number of benzene rings is 3. The first-order valence-corrected chi connectivity index (χ1v) is 21.0. The SMILES string of the molecule is [2H]C1([2H])CC(c2cc(OC(C)C)c(N)cc2C)CC([2H])(C)N1.[2H]C1([2H])CC(c2cc(OC(C)C)c(Nc3ncc(Cl)c(Nc4ccccc4S(=O)(=O)C([2H])(C)C)n3)cc2C)CC([2H])([2H])N1. The van der Waals surface area contributed by atoms with E-state index in [1.165, 1.54) is 26.1 Å². The maximum absolute atomic E-state index is 13.1. The van der Waals surface area contributed by atoms with Crippen LogP contribution in [0.4, 0.5) is 28.8 Å². The number of nitrogens with one attached hydrogen (secondary N) is 4. The Bertz CT molecular complexity index is 2440. The number of sulfone groups is 1. The minimum absolute atomic E-state index is 0.0266. The second-order valence-corrected chi connectivity index (χ2v) is 17.8. The average molecular weight is 829 g/mol. The highest BCUT2D eigenvalue weighted by Crippen LogP contribution is 2.39. The lowest BCUT2D eigenvalue weighted by atomic mass is 9.84. The van der Waals surface area contributed by atoms with Gasteiger partial charge in [-0.2, -0.15) is 4.98 Å². The number of hydrogen-bond donors (Lipinski definition) is 5. The van der Waals surface area contributed by atoms with Crippen LogP contribution in [0.5, 0.6) is 11.5 Å². The van der Waals surface area contributed by atoms with Crippen molar-refractivity contribution < 1.29 is 28.9 Å². The lowest BCUT2D eigenvalue weighted by molar-refractivity contribution is 0.243. The topological polar surface area (TPSA) is 153 Å². The summed E-state index contributed by atoms with van der Waals surface area (Å²) in [4.78, 5) is 8.69. The van der Waals surface area contributed by atoms with Crippen LogP contribution in [0.1, 0.15) is 119 Å². The molecule has 2 atom stereocenters. The molecule has 0 spiro atoms. The minimum atomic E-state index is -4.01. The molecule has 0 radical (unpaired) electrons. The molecule has 2 aliphatic heterocycles. The van der Waals surface area contributed by atoms with Crippen molar-refractivity contribution in [2.24, 2.45) is 0 Å². The predicted octanol–water partition coefficient (Wildman–Crippen LogP) is 9.58. The molecule has 0 bridgehead atoms. The highest BCUT2D eigenvalue weighted by molar-refractivity contribution is 7.92. The number of nitrogens with zero attached hydrogens (tertiary/aromatic N) is 2. The van der Waals surface area contributed by atoms with Crippen molar-refractivity contribution in [1.29, 1.82) is 0 Å². The number of halogens is 1. The summed E-state index contributed by atoms with van der Waals surface area (Å²) in [5.74, 6) is 0.960. The molecule has 2 aliphatic rings. The fourth-order valence-electron chi connectivity index (χ4n) is 6.64. The minimum Gasteiger partial charge on any atom is -0.489 e. The van der Waals surface area contributed by atoms with Crippen LogP contribution in [0.3, 0.4) is 0 Å². The Hall–Kier alpha value is -4.10. The number of piperidine rings is 2. The normalized spacial score (nSPS) is 23.8. The summed E-state index contributed by atoms with van der Waals surface area (Å²) in [5, 5.41) is 9.68. The van der Waals surface area contributed by atoms with Gasteiger partial charge in [0.05, 0.1) is 45.6 Å². The van der Waals surface area contributed by atoms with Crippen LogP contribution in [-0.2, 0) is 9.84 Å². The van der Waals surface area contributed by atoms with Gasteiger partial charge in [0.1, 0.15) is 16.5 Å². The van der Waals surface area contributed by atoms with E-state index in [-0.39, 0.29) is 64.3 Å². The van der Waals surface area contributed by atoms with Gasteiger partial charge >= 0.3 is 0 Å². The molecular formula is C44H62ClN7O4S. The third-order valence-electron chi connectivity index (χ3n) is 9.41. The maximum atomic E-state index is 13.1. The number of nitrogen functional groups attached to an aromatic ring is 1. The first kappa shape index (κ1) is 33.8. The van der Waals surface area contributed by atoms with E-state index >= 15 is 0 Å². The summed E-state index contributed by atoms with van der Waals surface area (Å²) in [6.45, 7) is 10.5. The molecule has 13 heteroatoms. The average Bonchev–Trinajstić information content (AvgIpc) is 3.12. The van der Waals surface area contributed by atoms with Crippen molar-refractivity contribution in [2.75, 3.05) is 35.9 Å². The van der Waals surface area contributed by atoms with E-state index in [0.29, 0.717) is 35.7 Å². The van der Waals surface area contributed by atoms with Gasteiger partial charge in [0.25, 0.3) is 0 Å². The van der Waals surface area contributed by atoms with Crippen LogP contribution in [-0.4, -0.2) is 61.3 Å². The Balaban J connectivity index is 0.000000302. The van der Waals surface area contributed by atoms with Gasteiger partial charge in [-0.3, -0.25) is 0 Å². The second kappa shape index (κ2) is 19.6. The van der Waals surface area contributed by atoms with E-state index in [1.54, 1.807) is 31.2 Å². The third kappa shape index (κ3) is 11.5. The van der Waals surface area contributed by atoms with Crippen molar-refractivity contribution in [3.05, 3.63) is 82.0 Å². The second-order valence-electron chi connectivity index (χ2n) is 15.1. The Morgan fingerprint density at radius 1 is 0.895 bits per heavy atom. The van der Waals surface area contributed by atoms with Crippen LogP contribution in [0.25, 0.3) is 0 Å². The molecule has 310 valence electrons. The van der Waals surface area contributed by atoms with Crippen molar-refractivity contribution in [2.45, 2.75) is 128 Å². The number of aromatic nitrogens is 2. The number of nitrogens with two attached hydrogens (primary N) is 1. The summed E-state index contributed by atoms with van der Waals surface area (Å²) in [6.07, 6.45) is 2.29. The molecule has 11 nitrogen and oxygen atoms in total. The van der Waals surface area contributed by atoms with E-state index in [9.17, 15) is 8.42 Å². The molecular weight excluding hydrogens is 758 g/mol. The van der Waals surface area contributed by atoms with Crippen LogP contribution in [0.2, 0.25) is 5.02 Å². The zero-order valence-electron chi connectivity index (χ0n) is 42.2. The Morgan fingerprint density at radius 2 is 1.51 bits per heavy atom. The van der Waals surface area contributed by atoms with Gasteiger partial charge in [-0.1, -0.05) is 23.7 Å². The molecule has 3 aromatic carbocycles. The van der Waals surface area contributed by atoms with E-state index < -0.39 is 40.6 Å². The van der Waals surface area contributed by atoms with Crippen molar-refractivity contribution in [1.82, 2.24) is 20.6 Å². The molecule has 3 heterocycles. The Labute approximate surface area is 356 Å². The summed E-state index contributed by atoms with van der Waals surface area (Å²) < 4.78 is 103. The molecule has 2 saturated heterocycles. The van der Waals surface area contributed by atoms with E-state index in [4.69, 9.17) is 37.8 Å². The first-order chi connectivity index (χ1) is 29.8. The number of hydrogen-bond acceptors (Lipinski definition) is 11. The molecule has 4 aromatic rings. The number of aryl methyl sites for hydroxylation is 2. The van der Waals surface area contributed by atoms with E-state index in [1.807, 2.05) is 59.7 Å². The van der Waals surface area contributed by atoms with Gasteiger partial charge in [-0.25, -0.2) is 13.4 Å². The van der Waals surface area contributed by atoms with Crippen LogP contribution < -0.4 is 36.5 Å². The number of rotatable bonds is 12. The largest absolute Gasteiger partial charge is 0.489 e. The van der Waals surface area contributed by atoms with E-state index in [2.05, 4.69) is 31.2 Å². The molecule has 6 N–H and O–H groups in total. The Morgan fingerprint density at radius 3 is 2.18 bits per heavy atom. The fourth-order valence-corrected chi connectivity index (χ4v) is 7.89. The zero-order valence-corrected chi connectivity index (χ0v) is 35.8. The summed E-state index contributed by atoms with van der Waals surface area (Å²) in [5.41, 5.74) is 11.0. The Kier molecular flexibility index (Phi) is 11.6. The smallest absolute Gasteiger partial charge is 0.229 e. The van der Waals surface area contributed by atoms with Gasteiger partial charge in [-0.05, 0) is 178 Å². The standard InChI is InChI=1S/C28H36ClN5O3S.C16H26N2O/c1-17(2)37-25-15-21(20-10-12-30-13-11-20)19(5)14-24(25)33-28-31-16-22(29)27(34-28)32-23-8-6-7-9-26(23)38(35,36)18(3)4;1-10(2)19-16-9-14(11(3)7-15(16)17)13-5-6-18-12(4)8-13/h6-9,14-18,20,30H,10-13H2,1-5H3,(H2,31,32,33,34);7,9-10,12-13,18H,5-6,8,17H2,1-4H3/i12D2,13D2,18D;6D2,12D. The zero-order chi connectivity index (χ0) is 48.7. The van der Waals surface area contributed by atoms with Crippen molar-refractivity contribution in [3.63, 3.8) is 0 Å². The van der Waals surface area contributed by atoms with Crippen LogP contribution in [0.15, 0.2) is 59.6 Å². The summed E-state index contributed by atoms with van der Waals surface area (Å²) >= 11 is 6.39. The third-order valence-corrected chi connectivity index (χ3v) is 11.7. The molecule has 0 saturated carbocycles. The molecule has 57 heavy (non-hydrogen) atoms. The van der Waals surface area contributed by atoms with Crippen molar-refractivity contribution >= 4 is 50.3 Å². The lowest BCUT2D eigenvalue weighted by Gasteiger charge is -2.30. The van der Waals surface area contributed by atoms with Crippen LogP contribution in [0, 0.1) is 13.8 Å². The lowest BCUT2D eigenvalue weighted by Crippen LogP contribution is -2.35. The number of anilines is 5. The highest BCUT2D eigenvalue weighted by Gasteiger charge is 2.25. The highest BCUT2D eigenvalue weighted by atomic mass is 35.5. The molecule has 1 aromatic heterocycles. The number of ether oxygens (including phenoxy) is 2. The summed E-state index contributed by atoms with van der Waals surface area (Å²) in [7, 11) is -4.01. The van der Waals surface area contributed by atoms with Gasteiger partial charge < -0.3 is 36.5 Å². The molecule has 0 amide bonds.